The van der Waals surface area contributed by atoms with Crippen molar-refractivity contribution >= 4 is 56.4 Å². The largest absolute Gasteiger partial charge is 0.454 e. The van der Waals surface area contributed by atoms with Gasteiger partial charge in [0, 0.05) is 16.7 Å². The molecule has 0 aromatic heterocycles. The number of hydrogen-bond donors (Lipinski definition) is 1. The second-order valence-electron chi connectivity index (χ2n) is 7.88. The van der Waals surface area contributed by atoms with Crippen molar-refractivity contribution in [3.8, 4) is 11.5 Å². The molecule has 2 heterocycles. The van der Waals surface area contributed by atoms with Crippen LogP contribution in [0, 0.1) is 0 Å². The molecule has 9 heteroatoms. The van der Waals surface area contributed by atoms with Crippen LogP contribution < -0.4 is 19.7 Å². The summed E-state index contributed by atoms with van der Waals surface area (Å²) < 4.78 is 11.8. The minimum Gasteiger partial charge on any atom is -0.454 e. The number of anilines is 2. The topological polar surface area (TPSA) is 71.1 Å². The van der Waals surface area contributed by atoms with Crippen molar-refractivity contribution in [3.05, 3.63) is 82.8 Å². The highest BCUT2D eigenvalue weighted by molar-refractivity contribution is 9.10. The van der Waals surface area contributed by atoms with Gasteiger partial charge < -0.3 is 19.7 Å². The SMILES string of the molecule is O=C(CC1C(=O)N(c2ccccc2)C(=S)N1Cc1ccc2c(c1)OCO2)Nc1ccc(Br)cc1. The molecule has 34 heavy (non-hydrogen) atoms. The van der Waals surface area contributed by atoms with Crippen LogP contribution in [0.4, 0.5) is 11.4 Å². The molecular formula is C25H20BrN3O4S. The van der Waals surface area contributed by atoms with E-state index in [2.05, 4.69) is 21.2 Å². The van der Waals surface area contributed by atoms with Gasteiger partial charge in [-0.05, 0) is 66.3 Å². The molecule has 0 bridgehead atoms. The van der Waals surface area contributed by atoms with Gasteiger partial charge in [0.1, 0.15) is 6.04 Å². The number of para-hydroxylation sites is 1. The van der Waals surface area contributed by atoms with Crippen molar-refractivity contribution in [2.75, 3.05) is 17.0 Å². The summed E-state index contributed by atoms with van der Waals surface area (Å²) in [6.45, 7) is 0.529. The molecule has 5 rings (SSSR count). The average molecular weight is 538 g/mol. The summed E-state index contributed by atoms with van der Waals surface area (Å²) in [6.07, 6.45) is -0.0388. The normalized spacial score (nSPS) is 16.8. The van der Waals surface area contributed by atoms with E-state index in [-0.39, 0.29) is 25.0 Å². The maximum Gasteiger partial charge on any atom is 0.256 e. The fourth-order valence-corrected chi connectivity index (χ4v) is 4.64. The standard InChI is InChI=1S/C25H20BrN3O4S/c26-17-7-9-18(10-8-17)27-23(30)13-20-24(31)29(19-4-2-1-3-5-19)25(34)28(20)14-16-6-11-21-22(12-16)33-15-32-21/h1-12,20H,13-15H2,(H,27,30). The van der Waals surface area contributed by atoms with Gasteiger partial charge in [-0.25, -0.2) is 0 Å². The molecule has 2 aliphatic heterocycles. The predicted octanol–water partition coefficient (Wildman–Crippen LogP) is 4.71. The van der Waals surface area contributed by atoms with Crippen LogP contribution >= 0.6 is 28.1 Å². The van der Waals surface area contributed by atoms with Crippen LogP contribution in [0.5, 0.6) is 11.5 Å². The lowest BCUT2D eigenvalue weighted by Gasteiger charge is -2.24. The number of rotatable bonds is 6. The lowest BCUT2D eigenvalue weighted by Crippen LogP contribution is -2.37. The Morgan fingerprint density at radius 3 is 2.53 bits per heavy atom. The Morgan fingerprint density at radius 2 is 1.76 bits per heavy atom. The first kappa shape index (κ1) is 22.4. The minimum atomic E-state index is -0.742. The zero-order valence-corrected chi connectivity index (χ0v) is 20.3. The number of halogens is 1. The number of amides is 2. The van der Waals surface area contributed by atoms with Crippen molar-refractivity contribution in [2.24, 2.45) is 0 Å². The average Bonchev–Trinajstić information content (AvgIpc) is 3.39. The number of carbonyl (C=O) groups is 2. The Kier molecular flexibility index (Phi) is 6.21. The third-order valence-electron chi connectivity index (χ3n) is 5.63. The van der Waals surface area contributed by atoms with Gasteiger partial charge in [0.05, 0.1) is 12.1 Å². The van der Waals surface area contributed by atoms with Crippen LogP contribution in [0.2, 0.25) is 0 Å². The summed E-state index contributed by atoms with van der Waals surface area (Å²) in [6, 6.07) is 21.4. The molecule has 1 saturated heterocycles. The van der Waals surface area contributed by atoms with E-state index < -0.39 is 6.04 Å². The number of nitrogens with zero attached hydrogens (tertiary/aromatic N) is 2. The smallest absolute Gasteiger partial charge is 0.256 e. The number of fused-ring (bicyclic) bond motifs is 1. The molecule has 0 saturated carbocycles. The molecule has 2 amide bonds. The number of nitrogens with one attached hydrogen (secondary N) is 1. The molecule has 3 aromatic carbocycles. The highest BCUT2D eigenvalue weighted by Gasteiger charge is 2.44. The molecule has 0 spiro atoms. The van der Waals surface area contributed by atoms with Crippen molar-refractivity contribution in [3.63, 3.8) is 0 Å². The highest BCUT2D eigenvalue weighted by Crippen LogP contribution is 2.34. The summed E-state index contributed by atoms with van der Waals surface area (Å²) in [5, 5.41) is 3.22. The molecular weight excluding hydrogens is 518 g/mol. The van der Waals surface area contributed by atoms with Crippen molar-refractivity contribution in [2.45, 2.75) is 19.0 Å². The molecule has 0 aliphatic carbocycles. The Bertz CT molecular complexity index is 1250. The molecule has 0 radical (unpaired) electrons. The van der Waals surface area contributed by atoms with Gasteiger partial charge in [0.2, 0.25) is 12.7 Å². The van der Waals surface area contributed by atoms with E-state index in [0.29, 0.717) is 34.5 Å². The fraction of sp³-hybridized carbons (Fsp3) is 0.160. The lowest BCUT2D eigenvalue weighted by atomic mass is 10.1. The Labute approximate surface area is 210 Å². The maximum absolute atomic E-state index is 13.5. The van der Waals surface area contributed by atoms with Gasteiger partial charge in [-0.2, -0.15) is 0 Å². The molecule has 1 fully saturated rings. The molecule has 1 unspecified atom stereocenters. The van der Waals surface area contributed by atoms with E-state index >= 15 is 0 Å². The zero-order valence-electron chi connectivity index (χ0n) is 17.9. The van der Waals surface area contributed by atoms with Gasteiger partial charge in [0.25, 0.3) is 5.91 Å². The molecule has 3 aromatic rings. The monoisotopic (exact) mass is 537 g/mol. The quantitative estimate of drug-likeness (QED) is 0.459. The van der Waals surface area contributed by atoms with E-state index in [1.54, 1.807) is 17.0 Å². The summed E-state index contributed by atoms with van der Waals surface area (Å²) in [5.41, 5.74) is 2.22. The highest BCUT2D eigenvalue weighted by atomic mass is 79.9. The van der Waals surface area contributed by atoms with Crippen LogP contribution in [-0.4, -0.2) is 34.7 Å². The third-order valence-corrected chi connectivity index (χ3v) is 6.58. The molecule has 1 atom stereocenters. The van der Waals surface area contributed by atoms with E-state index in [1.165, 1.54) is 4.90 Å². The molecule has 1 N–H and O–H groups in total. The Morgan fingerprint density at radius 1 is 1.03 bits per heavy atom. The Hall–Kier alpha value is -3.43. The fourth-order valence-electron chi connectivity index (χ4n) is 3.99. The van der Waals surface area contributed by atoms with Crippen LogP contribution in [0.25, 0.3) is 0 Å². The van der Waals surface area contributed by atoms with Crippen LogP contribution in [0.1, 0.15) is 12.0 Å². The van der Waals surface area contributed by atoms with E-state index in [4.69, 9.17) is 21.7 Å². The summed E-state index contributed by atoms with van der Waals surface area (Å²) in [7, 11) is 0. The lowest BCUT2D eigenvalue weighted by molar-refractivity contribution is -0.124. The van der Waals surface area contributed by atoms with Gasteiger partial charge in [-0.15, -0.1) is 0 Å². The van der Waals surface area contributed by atoms with Crippen LogP contribution in [0.3, 0.4) is 0 Å². The Balaban J connectivity index is 1.40. The van der Waals surface area contributed by atoms with E-state index in [1.807, 2.05) is 60.7 Å². The van der Waals surface area contributed by atoms with E-state index in [0.717, 1.165) is 10.0 Å². The summed E-state index contributed by atoms with van der Waals surface area (Å²) in [4.78, 5) is 29.7. The van der Waals surface area contributed by atoms with Crippen LogP contribution in [-0.2, 0) is 16.1 Å². The van der Waals surface area contributed by atoms with Crippen molar-refractivity contribution in [1.29, 1.82) is 0 Å². The molecule has 2 aliphatic rings. The van der Waals surface area contributed by atoms with Crippen LogP contribution in [0.15, 0.2) is 77.3 Å². The van der Waals surface area contributed by atoms with Crippen molar-refractivity contribution < 1.29 is 19.1 Å². The second kappa shape index (κ2) is 9.44. The van der Waals surface area contributed by atoms with E-state index in [9.17, 15) is 9.59 Å². The number of hydrogen-bond acceptors (Lipinski definition) is 5. The predicted molar refractivity (Wildman–Crippen MR) is 136 cm³/mol. The van der Waals surface area contributed by atoms with Crippen molar-refractivity contribution in [1.82, 2.24) is 4.90 Å². The minimum absolute atomic E-state index is 0.0388. The summed E-state index contributed by atoms with van der Waals surface area (Å²) >= 11 is 9.11. The first-order valence-electron chi connectivity index (χ1n) is 10.6. The first-order valence-corrected chi connectivity index (χ1v) is 11.8. The number of thiocarbonyl (C=S) groups is 1. The van der Waals surface area contributed by atoms with Gasteiger partial charge in [-0.1, -0.05) is 40.2 Å². The van der Waals surface area contributed by atoms with Gasteiger partial charge in [-0.3, -0.25) is 14.5 Å². The number of benzene rings is 3. The second-order valence-corrected chi connectivity index (χ2v) is 9.16. The first-order chi connectivity index (χ1) is 16.5. The van der Waals surface area contributed by atoms with Gasteiger partial charge >= 0.3 is 0 Å². The third kappa shape index (κ3) is 4.49. The number of carbonyl (C=O) groups excluding carboxylic acids is 2. The zero-order chi connectivity index (χ0) is 23.7. The van der Waals surface area contributed by atoms with Gasteiger partial charge in [0.15, 0.2) is 16.6 Å². The molecule has 172 valence electrons. The maximum atomic E-state index is 13.5. The molecule has 7 nitrogen and oxygen atoms in total. The summed E-state index contributed by atoms with van der Waals surface area (Å²) in [5.74, 6) is 0.829. The number of ether oxygens (including phenoxy) is 2.